The van der Waals surface area contributed by atoms with Crippen molar-refractivity contribution in [2.75, 3.05) is 0 Å². The minimum atomic E-state index is -4.42. The Morgan fingerprint density at radius 2 is 1.29 bits per heavy atom. The lowest BCUT2D eigenvalue weighted by atomic mass is 9.47. The molecule has 31 heavy (non-hydrogen) atoms. The lowest BCUT2D eigenvalue weighted by molar-refractivity contribution is -0.220. The second-order valence-corrected chi connectivity index (χ2v) is 8.98. The monoisotopic (exact) mass is 496 g/mol. The fourth-order valence-corrected chi connectivity index (χ4v) is 6.31. The Morgan fingerprint density at radius 1 is 0.806 bits per heavy atom. The van der Waals surface area contributed by atoms with Gasteiger partial charge in [0.2, 0.25) is 16.4 Å². The molecule has 0 fully saturated rings. The third-order valence-corrected chi connectivity index (χ3v) is 7.53. The van der Waals surface area contributed by atoms with Crippen molar-refractivity contribution < 1.29 is 63.9 Å². The van der Waals surface area contributed by atoms with Crippen LogP contribution >= 0.6 is 25.1 Å². The molecule has 2 rings (SSSR count). The lowest BCUT2D eigenvalue weighted by Crippen LogP contribution is -2.78. The average molecular weight is 496 g/mol. The smallest absolute Gasteiger partial charge is 0.354 e. The Morgan fingerprint density at radius 3 is 1.65 bits per heavy atom. The van der Waals surface area contributed by atoms with Gasteiger partial charge in [-0.25, -0.2) is 9.32 Å². The van der Waals surface area contributed by atoms with E-state index in [1.807, 2.05) is 0 Å². The zero-order valence-electron chi connectivity index (χ0n) is 14.5. The third kappa shape index (κ3) is 3.03. The predicted molar refractivity (Wildman–Crippen MR) is 94.6 cm³/mol. The highest BCUT2D eigenvalue weighted by Crippen LogP contribution is 2.59. The maximum Gasteiger partial charge on any atom is 0.354 e. The molecular formula is C12H9N3O13P3+. The number of aliphatic carboxylic acids is 6. The van der Waals surface area contributed by atoms with E-state index in [1.54, 1.807) is 0 Å². The molecule has 0 spiro atoms. The largest absolute Gasteiger partial charge is 0.481 e. The van der Waals surface area contributed by atoms with Crippen LogP contribution in [0.3, 0.4) is 0 Å². The van der Waals surface area contributed by atoms with E-state index < -0.39 is 66.2 Å². The lowest BCUT2D eigenvalue weighted by Gasteiger charge is -2.49. The number of carboxylic acids is 6. The Hall–Kier alpha value is -3.18. The van der Waals surface area contributed by atoms with Gasteiger partial charge in [-0.1, -0.05) is 6.08 Å². The van der Waals surface area contributed by atoms with Gasteiger partial charge >= 0.3 is 60.9 Å². The fraction of sp³-hybridized carbons (Fsp3) is 0.333. The Balaban J connectivity index is 3.18. The first-order valence-electron chi connectivity index (χ1n) is 7.44. The number of rotatable bonds is 8. The van der Waals surface area contributed by atoms with Crippen LogP contribution in [0.15, 0.2) is 12.2 Å². The van der Waals surface area contributed by atoms with Crippen LogP contribution in [-0.4, -0.2) is 85.6 Å². The summed E-state index contributed by atoms with van der Waals surface area (Å²) in [7, 11) is -2.78. The second kappa shape index (κ2) is 8.16. The van der Waals surface area contributed by atoms with Gasteiger partial charge in [-0.05, 0) is 19.6 Å². The van der Waals surface area contributed by atoms with Crippen LogP contribution in [0.5, 0.6) is 0 Å². The van der Waals surface area contributed by atoms with Crippen molar-refractivity contribution in [3.63, 3.8) is 0 Å². The topological polar surface area (TPSA) is 272 Å². The molecule has 0 aromatic carbocycles. The van der Waals surface area contributed by atoms with Gasteiger partial charge in [0.15, 0.2) is 0 Å². The number of hydrogen-bond acceptors (Lipinski definition) is 10. The minimum absolute atomic E-state index is 0.0616. The first-order chi connectivity index (χ1) is 14.3. The van der Waals surface area contributed by atoms with E-state index in [0.29, 0.717) is 0 Å². The molecule has 16 nitrogen and oxygen atoms in total. The van der Waals surface area contributed by atoms with Crippen LogP contribution in [0.25, 0.3) is 0 Å². The van der Waals surface area contributed by atoms with Crippen molar-refractivity contribution >= 4 is 60.9 Å². The van der Waals surface area contributed by atoms with Crippen molar-refractivity contribution in [2.24, 2.45) is 16.7 Å². The highest BCUT2D eigenvalue weighted by atomic mass is 31.2. The van der Waals surface area contributed by atoms with Gasteiger partial charge in [-0.15, -0.1) is 0 Å². The van der Waals surface area contributed by atoms with Crippen molar-refractivity contribution in [1.82, 2.24) is 13.5 Å². The summed E-state index contributed by atoms with van der Waals surface area (Å²) in [6.45, 7) is 0. The maximum absolute atomic E-state index is 12.3. The van der Waals surface area contributed by atoms with E-state index in [-0.39, 0.29) is 29.2 Å². The van der Waals surface area contributed by atoms with Crippen LogP contribution < -0.4 is 4.52 Å². The Labute approximate surface area is 173 Å². The van der Waals surface area contributed by atoms with Crippen LogP contribution in [0.1, 0.15) is 0 Å². The highest BCUT2D eigenvalue weighted by molar-refractivity contribution is 7.50. The van der Waals surface area contributed by atoms with Crippen LogP contribution in [0.4, 0.5) is 0 Å². The fourth-order valence-electron chi connectivity index (χ4n) is 3.39. The molecular weight excluding hydrogens is 487 g/mol. The zero-order valence-corrected chi connectivity index (χ0v) is 17.1. The molecule has 0 aliphatic heterocycles. The SMILES string of the molecule is O=C(O)C1C=CC(O[p+]2npnpn2)(C(=O)O)C(C(=O)O)(C(=O)O)C1(C(=O)O)C(=O)O. The molecule has 0 radical (unpaired) electrons. The summed E-state index contributed by atoms with van der Waals surface area (Å²) in [5.74, 6) is -18.5. The molecule has 1 aliphatic rings. The number of aromatic nitrogens is 3. The summed E-state index contributed by atoms with van der Waals surface area (Å²) in [5, 5.41) is 58.4. The predicted octanol–water partition coefficient (Wildman–Crippen LogP) is -0.867. The van der Waals surface area contributed by atoms with Crippen molar-refractivity contribution in [1.29, 1.82) is 0 Å². The van der Waals surface area contributed by atoms with Crippen LogP contribution in [0.2, 0.25) is 0 Å². The van der Waals surface area contributed by atoms with Gasteiger partial charge in [-0.3, -0.25) is 24.0 Å². The van der Waals surface area contributed by atoms with E-state index >= 15 is 0 Å². The number of hydrogen-bond donors (Lipinski definition) is 6. The van der Waals surface area contributed by atoms with Gasteiger partial charge in [0.05, 0.1) is 0 Å². The van der Waals surface area contributed by atoms with E-state index in [1.165, 1.54) is 0 Å². The van der Waals surface area contributed by atoms with Crippen LogP contribution in [0, 0.1) is 16.7 Å². The molecule has 1 aliphatic carbocycles. The molecule has 6 N–H and O–H groups in total. The Bertz CT molecular complexity index is 1000. The van der Waals surface area contributed by atoms with E-state index in [4.69, 9.17) is 4.52 Å². The zero-order chi connectivity index (χ0) is 23.8. The molecule has 1 heterocycles. The standard InChI is InChI=1S/C12H8N3O13P3/c16-4(17)3-1-2-10(5(18)19,28-31-14-29-13-30-15-31)12(8(24)25,9(26)27)11(3,6(20)21)7(22)23/h1-3H,(H5-,16,17,18,19,20,21,22,23,24,25,26,27)/p+1. The van der Waals surface area contributed by atoms with Gasteiger partial charge in [0, 0.05) is 0 Å². The summed E-state index contributed by atoms with van der Waals surface area (Å²) in [5.41, 5.74) is -12.4. The summed E-state index contributed by atoms with van der Waals surface area (Å²) < 4.78 is 15.9. The van der Waals surface area contributed by atoms with Crippen LogP contribution in [-0.2, 0) is 28.8 Å². The van der Waals surface area contributed by atoms with Gasteiger partial charge < -0.3 is 30.6 Å². The number of nitrogens with zero attached hydrogens (tertiary/aromatic N) is 3. The van der Waals surface area contributed by atoms with Gasteiger partial charge in [-0.2, -0.15) is 0 Å². The van der Waals surface area contributed by atoms with E-state index in [9.17, 15) is 59.4 Å². The quantitative estimate of drug-likeness (QED) is 0.188. The summed E-state index contributed by atoms with van der Waals surface area (Å²) in [4.78, 5) is 72.9. The van der Waals surface area contributed by atoms with Gasteiger partial charge in [0.25, 0.3) is 0 Å². The van der Waals surface area contributed by atoms with Crippen molar-refractivity contribution in [2.45, 2.75) is 5.60 Å². The molecule has 19 heteroatoms. The van der Waals surface area contributed by atoms with Crippen molar-refractivity contribution in [3.8, 4) is 0 Å². The molecule has 1 aromatic rings. The third-order valence-electron chi connectivity index (χ3n) is 4.58. The van der Waals surface area contributed by atoms with Crippen molar-refractivity contribution in [3.05, 3.63) is 12.2 Å². The molecule has 0 bridgehead atoms. The first kappa shape index (κ1) is 24.1. The minimum Gasteiger partial charge on any atom is -0.481 e. The molecule has 2 unspecified atom stereocenters. The second-order valence-electron chi connectivity index (χ2n) is 5.79. The highest BCUT2D eigenvalue weighted by Gasteiger charge is 2.87. The van der Waals surface area contributed by atoms with Gasteiger partial charge in [0.1, 0.15) is 5.92 Å². The molecule has 0 saturated carbocycles. The van der Waals surface area contributed by atoms with E-state index in [0.717, 1.165) is 0 Å². The Kier molecular flexibility index (Phi) is 6.34. The first-order valence-corrected chi connectivity index (χ1v) is 10.2. The molecule has 1 aromatic heterocycles. The number of carboxylic acid groups (broad SMARTS) is 6. The molecule has 164 valence electrons. The van der Waals surface area contributed by atoms with E-state index in [2.05, 4.69) is 13.5 Å². The average Bonchev–Trinajstić information content (AvgIpc) is 2.66. The molecule has 0 saturated heterocycles. The summed E-state index contributed by atoms with van der Waals surface area (Å²) >= 11 is 0. The summed E-state index contributed by atoms with van der Waals surface area (Å²) in [6.07, 6.45) is 0.440. The normalized spacial score (nSPS) is 24.5. The molecule has 2 atom stereocenters. The number of carbonyl (C=O) groups is 6. The molecule has 0 amide bonds. The maximum atomic E-state index is 12.3. The summed E-state index contributed by atoms with van der Waals surface area (Å²) in [6, 6.07) is 0.